The van der Waals surface area contributed by atoms with Crippen molar-refractivity contribution in [1.82, 2.24) is 25.8 Å². The van der Waals surface area contributed by atoms with Gasteiger partial charge in [0.15, 0.2) is 0 Å². The molecule has 0 spiro atoms. The predicted octanol–water partition coefficient (Wildman–Crippen LogP) is 4.16. The van der Waals surface area contributed by atoms with Gasteiger partial charge in [0, 0.05) is 30.9 Å². The number of hydrogen-bond donors (Lipinski definition) is 5. The number of rotatable bonds is 16. The van der Waals surface area contributed by atoms with Crippen molar-refractivity contribution in [1.29, 1.82) is 0 Å². The smallest absolute Gasteiger partial charge is 0.410 e. The number of methoxy groups -OCH3 is 2. The number of aliphatic carboxylic acids is 1. The van der Waals surface area contributed by atoms with Crippen LogP contribution in [0.5, 0.6) is 0 Å². The van der Waals surface area contributed by atoms with Crippen LogP contribution in [-0.4, -0.2) is 95.1 Å². The Kier molecular flexibility index (Phi) is 14.9. The van der Waals surface area contributed by atoms with Crippen molar-refractivity contribution in [2.75, 3.05) is 20.8 Å². The number of aromatic nitrogens is 1. The van der Waals surface area contributed by atoms with E-state index < -0.39 is 65.0 Å². The summed E-state index contributed by atoms with van der Waals surface area (Å²) < 4.78 is 9.69. The number of hydrogen-bond acceptors (Lipinski definition) is 9. The van der Waals surface area contributed by atoms with E-state index in [1.807, 2.05) is 93.6 Å². The maximum Gasteiger partial charge on any atom is 0.410 e. The Bertz CT molecular complexity index is 1680. The molecule has 3 aromatic rings. The van der Waals surface area contributed by atoms with Gasteiger partial charge in [-0.3, -0.25) is 24.3 Å². The normalized spacial score (nSPS) is 13.7. The summed E-state index contributed by atoms with van der Waals surface area (Å²) in [5.41, 5.74) is 0.816. The average molecular weight is 734 g/mol. The van der Waals surface area contributed by atoms with E-state index in [4.69, 9.17) is 4.74 Å². The first-order valence-electron chi connectivity index (χ1n) is 17.2. The Morgan fingerprint density at radius 1 is 0.811 bits per heavy atom. The fourth-order valence-corrected chi connectivity index (χ4v) is 5.87. The molecule has 0 saturated heterocycles. The Morgan fingerprint density at radius 2 is 1.45 bits per heavy atom. The molecule has 14 heteroatoms. The van der Waals surface area contributed by atoms with Gasteiger partial charge in [-0.05, 0) is 55.4 Å². The lowest BCUT2D eigenvalue weighted by molar-refractivity contribution is -0.151. The minimum absolute atomic E-state index is 0.0425. The molecule has 3 rings (SSSR count). The lowest BCUT2D eigenvalue weighted by Crippen LogP contribution is -2.58. The topological polar surface area (TPSA) is 196 Å². The van der Waals surface area contributed by atoms with Gasteiger partial charge in [-0.15, -0.1) is 0 Å². The molecule has 14 nitrogen and oxygen atoms in total. The Balaban J connectivity index is 1.89. The van der Waals surface area contributed by atoms with E-state index in [0.717, 1.165) is 29.5 Å². The summed E-state index contributed by atoms with van der Waals surface area (Å²) in [6, 6.07) is 19.2. The molecule has 0 bridgehead atoms. The first-order valence-corrected chi connectivity index (χ1v) is 17.2. The van der Waals surface area contributed by atoms with Crippen LogP contribution in [0.25, 0.3) is 11.3 Å². The summed E-state index contributed by atoms with van der Waals surface area (Å²) in [6.45, 7) is 7.84. The van der Waals surface area contributed by atoms with Crippen molar-refractivity contribution in [3.63, 3.8) is 0 Å². The number of nitrogens with zero attached hydrogens (tertiary/aromatic N) is 2. The molecule has 0 aliphatic heterocycles. The molecule has 1 aromatic heterocycles. The van der Waals surface area contributed by atoms with E-state index in [-0.39, 0.29) is 25.9 Å². The van der Waals surface area contributed by atoms with Gasteiger partial charge in [-0.2, -0.15) is 0 Å². The van der Waals surface area contributed by atoms with Crippen LogP contribution in [0.3, 0.4) is 0 Å². The molecule has 4 atom stereocenters. The third-order valence-corrected chi connectivity index (χ3v) is 8.78. The largest absolute Gasteiger partial charge is 0.481 e. The Labute approximate surface area is 310 Å². The number of carboxylic acid groups (broad SMARTS) is 1. The molecule has 1 heterocycles. The number of carbonyl (C=O) groups is 5. The van der Waals surface area contributed by atoms with Crippen LogP contribution in [0.15, 0.2) is 79.0 Å². The molecular weight excluding hydrogens is 682 g/mol. The van der Waals surface area contributed by atoms with Crippen molar-refractivity contribution in [3.8, 4) is 11.3 Å². The van der Waals surface area contributed by atoms with E-state index in [1.54, 1.807) is 6.20 Å². The second kappa shape index (κ2) is 18.8. The molecule has 2 aromatic carbocycles. The van der Waals surface area contributed by atoms with E-state index in [2.05, 4.69) is 25.7 Å². The summed E-state index contributed by atoms with van der Waals surface area (Å²) in [4.78, 5) is 70.3. The van der Waals surface area contributed by atoms with Crippen LogP contribution < -0.4 is 16.0 Å². The van der Waals surface area contributed by atoms with E-state index in [1.165, 1.54) is 25.9 Å². The molecule has 0 saturated carbocycles. The quantitative estimate of drug-likeness (QED) is 0.143. The standard InChI is InChI=1S/C39H51N5O9/c1-38(2,3)32(44(37(51)53-7)24-26-13-9-8-10-14-26)34(47)42-28(21-25-16-18-27(19-17-25)30-15-11-12-20-40-30)22-29(45)23-41-33(46)31(43-36(50)52-6)39(4,5)35(48)49/h8-20,28-29,31-32,45H,21-24H2,1-7H3,(H,41,46)(H,42,47)(H,43,50)(H,48,49). The molecule has 4 unspecified atom stereocenters. The van der Waals surface area contributed by atoms with Crippen molar-refractivity contribution in [2.45, 2.75) is 78.2 Å². The highest BCUT2D eigenvalue weighted by Crippen LogP contribution is 2.28. The van der Waals surface area contributed by atoms with Gasteiger partial charge in [-0.25, -0.2) is 9.59 Å². The Hall–Kier alpha value is -5.50. The lowest BCUT2D eigenvalue weighted by atomic mass is 9.83. The monoisotopic (exact) mass is 733 g/mol. The van der Waals surface area contributed by atoms with E-state index in [0.29, 0.717) is 0 Å². The van der Waals surface area contributed by atoms with Crippen molar-refractivity contribution >= 4 is 30.0 Å². The zero-order valence-corrected chi connectivity index (χ0v) is 31.3. The number of benzene rings is 2. The first-order chi connectivity index (χ1) is 25.0. The van der Waals surface area contributed by atoms with Crippen LogP contribution in [0.1, 0.15) is 52.2 Å². The second-order valence-electron chi connectivity index (χ2n) is 14.4. The van der Waals surface area contributed by atoms with Crippen LogP contribution in [0, 0.1) is 10.8 Å². The molecule has 0 aliphatic rings. The van der Waals surface area contributed by atoms with Gasteiger partial charge < -0.3 is 35.6 Å². The highest BCUT2D eigenvalue weighted by Gasteiger charge is 2.43. The molecule has 4 amide bonds. The predicted molar refractivity (Wildman–Crippen MR) is 197 cm³/mol. The fourth-order valence-electron chi connectivity index (χ4n) is 5.87. The van der Waals surface area contributed by atoms with E-state index in [9.17, 15) is 34.2 Å². The van der Waals surface area contributed by atoms with Crippen molar-refractivity contribution in [3.05, 3.63) is 90.1 Å². The van der Waals surface area contributed by atoms with Crippen LogP contribution in [0.4, 0.5) is 9.59 Å². The van der Waals surface area contributed by atoms with Crippen LogP contribution in [0.2, 0.25) is 0 Å². The highest BCUT2D eigenvalue weighted by molar-refractivity contribution is 5.92. The van der Waals surface area contributed by atoms with Crippen LogP contribution in [-0.2, 0) is 36.8 Å². The molecule has 5 N–H and O–H groups in total. The maximum absolute atomic E-state index is 14.3. The first kappa shape index (κ1) is 41.9. The zero-order chi connectivity index (χ0) is 39.3. The van der Waals surface area contributed by atoms with Gasteiger partial charge in [0.25, 0.3) is 0 Å². The minimum Gasteiger partial charge on any atom is -0.481 e. The molecule has 0 radical (unpaired) electrons. The minimum atomic E-state index is -1.73. The Morgan fingerprint density at radius 3 is 2.00 bits per heavy atom. The third kappa shape index (κ3) is 12.0. The summed E-state index contributed by atoms with van der Waals surface area (Å²) in [7, 11) is 2.33. The fraction of sp³-hybridized carbons (Fsp3) is 0.436. The number of nitrogens with one attached hydrogen (secondary N) is 3. The second-order valence-corrected chi connectivity index (χ2v) is 14.4. The number of aliphatic hydroxyl groups is 1. The third-order valence-electron chi connectivity index (χ3n) is 8.78. The van der Waals surface area contributed by atoms with Gasteiger partial charge in [0.1, 0.15) is 12.1 Å². The summed E-state index contributed by atoms with van der Waals surface area (Å²) in [5.74, 6) is -2.67. The van der Waals surface area contributed by atoms with Crippen LogP contribution >= 0.6 is 0 Å². The zero-order valence-electron chi connectivity index (χ0n) is 31.3. The van der Waals surface area contributed by atoms with Gasteiger partial charge >= 0.3 is 18.2 Å². The number of alkyl carbamates (subject to hydrolysis) is 1. The maximum atomic E-state index is 14.3. The van der Waals surface area contributed by atoms with E-state index >= 15 is 0 Å². The number of carboxylic acids is 1. The number of carbonyl (C=O) groups excluding carboxylic acids is 4. The highest BCUT2D eigenvalue weighted by atomic mass is 16.5. The number of ether oxygens (including phenoxy) is 2. The molecular formula is C39H51N5O9. The van der Waals surface area contributed by atoms with Gasteiger partial charge in [0.2, 0.25) is 11.8 Å². The molecule has 0 fully saturated rings. The SMILES string of the molecule is COC(=O)NC(C(=O)NCC(O)CC(Cc1ccc(-c2ccccn2)cc1)NC(=O)C(N(Cc1ccccc1)C(=O)OC)C(C)(C)C)C(C)(C)C(=O)O. The molecule has 286 valence electrons. The summed E-state index contributed by atoms with van der Waals surface area (Å²) in [5, 5.41) is 28.8. The molecule has 53 heavy (non-hydrogen) atoms. The van der Waals surface area contributed by atoms with Gasteiger partial charge in [0.05, 0.1) is 31.4 Å². The number of aliphatic hydroxyl groups excluding tert-OH is 1. The van der Waals surface area contributed by atoms with Gasteiger partial charge in [-0.1, -0.05) is 81.4 Å². The molecule has 0 aliphatic carbocycles. The lowest BCUT2D eigenvalue weighted by Gasteiger charge is -2.39. The number of pyridine rings is 1. The number of amides is 4. The van der Waals surface area contributed by atoms with Crippen molar-refractivity contribution in [2.24, 2.45) is 10.8 Å². The van der Waals surface area contributed by atoms with Crippen molar-refractivity contribution < 1.29 is 43.7 Å². The summed E-state index contributed by atoms with van der Waals surface area (Å²) >= 11 is 0. The summed E-state index contributed by atoms with van der Waals surface area (Å²) in [6.07, 6.45) is -0.985. The average Bonchev–Trinajstić information content (AvgIpc) is 3.12.